The molecule has 0 spiro atoms. The summed E-state index contributed by atoms with van der Waals surface area (Å²) < 4.78 is 21.9. The quantitative estimate of drug-likeness (QED) is 0.733. The van der Waals surface area contributed by atoms with Gasteiger partial charge in [-0.05, 0) is 12.8 Å². The second-order valence-electron chi connectivity index (χ2n) is 4.81. The lowest BCUT2D eigenvalue weighted by Crippen LogP contribution is -2.40. The number of hydrogen-bond acceptors (Lipinski definition) is 4. The van der Waals surface area contributed by atoms with Gasteiger partial charge in [0.05, 0.1) is 12.3 Å². The average Bonchev–Trinajstić information content (AvgIpc) is 2.74. The van der Waals surface area contributed by atoms with Crippen LogP contribution in [0.1, 0.15) is 25.7 Å². The van der Waals surface area contributed by atoms with Crippen molar-refractivity contribution < 1.29 is 13.2 Å². The van der Waals surface area contributed by atoms with Crippen LogP contribution in [0.2, 0.25) is 0 Å². The minimum Gasteiger partial charge on any atom is -0.344 e. The minimum absolute atomic E-state index is 0.0265. The summed E-state index contributed by atoms with van der Waals surface area (Å²) in [6.07, 6.45) is 5.92. The summed E-state index contributed by atoms with van der Waals surface area (Å²) in [4.78, 5) is 13.2. The number of nitrogens with one attached hydrogen (secondary N) is 1. The highest BCUT2D eigenvalue weighted by atomic mass is 32.2. The number of amides is 1. The maximum Gasteiger partial charge on any atom is 0.236 e. The molecule has 1 amide bonds. The average molecular weight is 262 g/mol. The molecule has 0 bridgehead atoms. The number of rotatable bonds is 6. The van der Waals surface area contributed by atoms with Crippen molar-refractivity contribution in [3.63, 3.8) is 0 Å². The molecule has 1 rings (SSSR count). The summed E-state index contributed by atoms with van der Waals surface area (Å²) in [5, 5.41) is 3.22. The first-order valence-electron chi connectivity index (χ1n) is 6.03. The van der Waals surface area contributed by atoms with Crippen LogP contribution in [0, 0.1) is 0 Å². The van der Waals surface area contributed by atoms with Gasteiger partial charge < -0.3 is 10.2 Å². The van der Waals surface area contributed by atoms with Crippen LogP contribution in [-0.2, 0) is 14.6 Å². The first-order valence-corrected chi connectivity index (χ1v) is 8.09. The lowest BCUT2D eigenvalue weighted by molar-refractivity contribution is -0.128. The third-order valence-corrected chi connectivity index (χ3v) is 4.04. The third kappa shape index (κ3) is 6.02. The summed E-state index contributed by atoms with van der Waals surface area (Å²) in [7, 11) is -1.35. The van der Waals surface area contributed by atoms with Crippen molar-refractivity contribution in [1.82, 2.24) is 10.2 Å². The number of carbonyl (C=O) groups is 1. The van der Waals surface area contributed by atoms with Crippen molar-refractivity contribution in [3.05, 3.63) is 0 Å². The van der Waals surface area contributed by atoms with Crippen LogP contribution in [0.25, 0.3) is 0 Å². The van der Waals surface area contributed by atoms with Gasteiger partial charge in [-0.15, -0.1) is 0 Å². The predicted molar refractivity (Wildman–Crippen MR) is 67.6 cm³/mol. The van der Waals surface area contributed by atoms with Crippen LogP contribution in [-0.4, -0.2) is 57.4 Å². The van der Waals surface area contributed by atoms with Crippen molar-refractivity contribution >= 4 is 15.7 Å². The highest BCUT2D eigenvalue weighted by Gasteiger charge is 2.17. The molecule has 17 heavy (non-hydrogen) atoms. The number of likely N-dealkylation sites (N-methyl/N-ethyl adjacent to an activating group) is 1. The highest BCUT2D eigenvalue weighted by molar-refractivity contribution is 7.90. The van der Waals surface area contributed by atoms with Gasteiger partial charge in [0.25, 0.3) is 0 Å². The summed E-state index contributed by atoms with van der Waals surface area (Å²) in [5.74, 6) is -0.0147. The molecule has 6 heteroatoms. The molecular formula is C11H22N2O3S. The van der Waals surface area contributed by atoms with Crippen LogP contribution in [0.15, 0.2) is 0 Å². The first kappa shape index (κ1) is 14.4. The van der Waals surface area contributed by atoms with E-state index in [4.69, 9.17) is 0 Å². The Morgan fingerprint density at radius 3 is 2.47 bits per heavy atom. The van der Waals surface area contributed by atoms with Crippen molar-refractivity contribution in [2.45, 2.75) is 31.7 Å². The fraction of sp³-hybridized carbons (Fsp3) is 0.909. The third-order valence-electron chi connectivity index (χ3n) is 3.12. The topological polar surface area (TPSA) is 66.5 Å². The molecule has 0 heterocycles. The van der Waals surface area contributed by atoms with E-state index in [0.717, 1.165) is 12.8 Å². The summed E-state index contributed by atoms with van der Waals surface area (Å²) in [6.45, 7) is 0.578. The SMILES string of the molecule is CN(CCS(C)(=O)=O)C(=O)CNC1CCCC1. The molecule has 0 aromatic carbocycles. The van der Waals surface area contributed by atoms with Gasteiger partial charge in [0.2, 0.25) is 5.91 Å². The highest BCUT2D eigenvalue weighted by Crippen LogP contribution is 2.17. The molecule has 0 aromatic rings. The maximum absolute atomic E-state index is 11.7. The van der Waals surface area contributed by atoms with Crippen LogP contribution in [0.5, 0.6) is 0 Å². The van der Waals surface area contributed by atoms with E-state index in [1.165, 1.54) is 24.0 Å². The Hall–Kier alpha value is -0.620. The molecule has 1 saturated carbocycles. The zero-order chi connectivity index (χ0) is 12.9. The Morgan fingerprint density at radius 1 is 1.35 bits per heavy atom. The molecule has 1 aliphatic carbocycles. The molecule has 5 nitrogen and oxygen atoms in total. The largest absolute Gasteiger partial charge is 0.344 e. The maximum atomic E-state index is 11.7. The van der Waals surface area contributed by atoms with Crippen LogP contribution >= 0.6 is 0 Å². The second-order valence-corrected chi connectivity index (χ2v) is 7.07. The van der Waals surface area contributed by atoms with Gasteiger partial charge in [0, 0.05) is 25.9 Å². The monoisotopic (exact) mass is 262 g/mol. The van der Waals surface area contributed by atoms with Gasteiger partial charge >= 0.3 is 0 Å². The standard InChI is InChI=1S/C11H22N2O3S/c1-13(7-8-17(2,15)16)11(14)9-12-10-5-3-4-6-10/h10,12H,3-9H2,1-2H3. The van der Waals surface area contributed by atoms with Gasteiger partial charge in [-0.25, -0.2) is 8.42 Å². The van der Waals surface area contributed by atoms with Gasteiger partial charge in [-0.1, -0.05) is 12.8 Å². The molecule has 0 saturated heterocycles. The second kappa shape index (κ2) is 6.35. The van der Waals surface area contributed by atoms with E-state index >= 15 is 0 Å². The van der Waals surface area contributed by atoms with E-state index in [1.807, 2.05) is 0 Å². The molecule has 0 aliphatic heterocycles. The molecule has 100 valence electrons. The number of hydrogen-bond donors (Lipinski definition) is 1. The Bertz CT molecular complexity index is 348. The normalized spacial score (nSPS) is 17.3. The van der Waals surface area contributed by atoms with Gasteiger partial charge in [-0.3, -0.25) is 4.79 Å². The molecule has 0 aromatic heterocycles. The predicted octanol–water partition coefficient (Wildman–Crippen LogP) is 0.0216. The Morgan fingerprint density at radius 2 is 1.94 bits per heavy atom. The van der Waals surface area contributed by atoms with Gasteiger partial charge in [0.15, 0.2) is 0 Å². The lowest BCUT2D eigenvalue weighted by Gasteiger charge is -2.18. The van der Waals surface area contributed by atoms with E-state index in [0.29, 0.717) is 12.6 Å². The Kier molecular flexibility index (Phi) is 5.39. The number of sulfone groups is 1. The zero-order valence-electron chi connectivity index (χ0n) is 10.6. The van der Waals surface area contributed by atoms with Crippen LogP contribution in [0.4, 0.5) is 0 Å². The molecule has 1 N–H and O–H groups in total. The van der Waals surface area contributed by atoms with Gasteiger partial charge in [0.1, 0.15) is 9.84 Å². The summed E-state index contributed by atoms with van der Waals surface area (Å²) >= 11 is 0. The Balaban J connectivity index is 2.21. The van der Waals surface area contributed by atoms with Crippen LogP contribution < -0.4 is 5.32 Å². The van der Waals surface area contributed by atoms with E-state index < -0.39 is 9.84 Å². The lowest BCUT2D eigenvalue weighted by atomic mass is 10.2. The smallest absolute Gasteiger partial charge is 0.236 e. The van der Waals surface area contributed by atoms with Crippen molar-refractivity contribution in [2.24, 2.45) is 0 Å². The number of nitrogens with zero attached hydrogens (tertiary/aromatic N) is 1. The summed E-state index contributed by atoms with van der Waals surface area (Å²) in [6, 6.07) is 0.460. The van der Waals surface area contributed by atoms with E-state index in [9.17, 15) is 13.2 Å². The molecule has 1 fully saturated rings. The van der Waals surface area contributed by atoms with E-state index in [2.05, 4.69) is 5.32 Å². The van der Waals surface area contributed by atoms with Crippen molar-refractivity contribution in [2.75, 3.05) is 32.1 Å². The molecular weight excluding hydrogens is 240 g/mol. The van der Waals surface area contributed by atoms with E-state index in [1.54, 1.807) is 7.05 Å². The zero-order valence-corrected chi connectivity index (χ0v) is 11.4. The number of carbonyl (C=O) groups excluding carboxylic acids is 1. The van der Waals surface area contributed by atoms with Gasteiger partial charge in [-0.2, -0.15) is 0 Å². The van der Waals surface area contributed by atoms with Crippen LogP contribution in [0.3, 0.4) is 0 Å². The Labute approximate surface area is 103 Å². The molecule has 0 radical (unpaired) electrons. The van der Waals surface area contributed by atoms with Crippen molar-refractivity contribution in [1.29, 1.82) is 0 Å². The molecule has 0 unspecified atom stereocenters. The van der Waals surface area contributed by atoms with E-state index in [-0.39, 0.29) is 18.2 Å². The summed E-state index contributed by atoms with van der Waals surface area (Å²) in [5.41, 5.74) is 0. The first-order chi connectivity index (χ1) is 7.88. The fourth-order valence-electron chi connectivity index (χ4n) is 1.92. The molecule has 1 aliphatic rings. The van der Waals surface area contributed by atoms with Crippen molar-refractivity contribution in [3.8, 4) is 0 Å². The molecule has 0 atom stereocenters. The minimum atomic E-state index is -3.00. The fourth-order valence-corrected chi connectivity index (χ4v) is 2.53.